The minimum Gasteiger partial charge on any atom is -0.378 e. The number of benzene rings is 2. The zero-order valence-electron chi connectivity index (χ0n) is 14.1. The molecule has 0 spiro atoms. The van der Waals surface area contributed by atoms with Gasteiger partial charge < -0.3 is 15.0 Å². The van der Waals surface area contributed by atoms with Crippen LogP contribution in [0.1, 0.15) is 10.4 Å². The molecule has 3 aromatic rings. The van der Waals surface area contributed by atoms with Gasteiger partial charge in [0.2, 0.25) is 0 Å². The van der Waals surface area contributed by atoms with E-state index in [0.29, 0.717) is 36.9 Å². The highest BCUT2D eigenvalue weighted by Gasteiger charge is 2.21. The third-order valence-corrected chi connectivity index (χ3v) is 4.66. The van der Waals surface area contributed by atoms with Crippen molar-refractivity contribution in [2.45, 2.75) is 0 Å². The van der Waals surface area contributed by atoms with Gasteiger partial charge in [-0.2, -0.15) is 0 Å². The van der Waals surface area contributed by atoms with Crippen molar-refractivity contribution in [1.82, 2.24) is 9.88 Å². The van der Waals surface area contributed by atoms with E-state index in [1.165, 1.54) is 0 Å². The largest absolute Gasteiger partial charge is 0.378 e. The summed E-state index contributed by atoms with van der Waals surface area (Å²) in [5, 5.41) is 4.99. The predicted octanol–water partition coefficient (Wildman–Crippen LogP) is 4.10. The summed E-state index contributed by atoms with van der Waals surface area (Å²) >= 11 is 6.06. The average Bonchev–Trinajstić information content (AvgIpc) is 2.68. The van der Waals surface area contributed by atoms with Crippen molar-refractivity contribution >= 4 is 39.8 Å². The first-order valence-electron chi connectivity index (χ1n) is 8.50. The number of carbonyl (C=O) groups is 1. The lowest BCUT2D eigenvalue weighted by Gasteiger charge is -2.27. The van der Waals surface area contributed by atoms with Gasteiger partial charge >= 0.3 is 0 Å². The number of amides is 1. The maximum absolute atomic E-state index is 12.9. The highest BCUT2D eigenvalue weighted by molar-refractivity contribution is 6.31. The lowest BCUT2D eigenvalue weighted by atomic mass is 10.1. The molecule has 132 valence electrons. The molecule has 1 aromatic heterocycles. The van der Waals surface area contributed by atoms with Crippen LogP contribution in [0.5, 0.6) is 0 Å². The predicted molar refractivity (Wildman–Crippen MR) is 103 cm³/mol. The number of hydrogen-bond donors (Lipinski definition) is 1. The summed E-state index contributed by atoms with van der Waals surface area (Å²) in [6.45, 7) is 2.39. The maximum atomic E-state index is 12.9. The Kier molecular flexibility index (Phi) is 4.73. The smallest absolute Gasteiger partial charge is 0.256 e. The van der Waals surface area contributed by atoms with E-state index in [9.17, 15) is 4.79 Å². The molecular formula is C20H18ClN3O2. The minimum absolute atomic E-state index is 0.0119. The third-order valence-electron chi connectivity index (χ3n) is 4.43. The van der Waals surface area contributed by atoms with Crippen LogP contribution in [0.25, 0.3) is 10.9 Å². The summed E-state index contributed by atoms with van der Waals surface area (Å²) in [5.74, 6) is 0.0119. The number of pyridine rings is 1. The van der Waals surface area contributed by atoms with Crippen LogP contribution in [0.3, 0.4) is 0 Å². The number of fused-ring (bicyclic) bond motifs is 1. The number of anilines is 2. The van der Waals surface area contributed by atoms with Crippen molar-refractivity contribution in [2.24, 2.45) is 0 Å². The van der Waals surface area contributed by atoms with E-state index in [4.69, 9.17) is 16.3 Å². The van der Waals surface area contributed by atoms with Gasteiger partial charge in [-0.15, -0.1) is 0 Å². The number of nitrogens with zero attached hydrogens (tertiary/aromatic N) is 2. The van der Waals surface area contributed by atoms with E-state index in [2.05, 4.69) is 10.3 Å². The van der Waals surface area contributed by atoms with Crippen LogP contribution >= 0.6 is 11.6 Å². The first-order chi connectivity index (χ1) is 12.7. The molecule has 5 nitrogen and oxygen atoms in total. The lowest BCUT2D eigenvalue weighted by Crippen LogP contribution is -2.40. The van der Waals surface area contributed by atoms with Gasteiger partial charge in [0.05, 0.1) is 30.0 Å². The van der Waals surface area contributed by atoms with Crippen molar-refractivity contribution in [3.63, 3.8) is 0 Å². The second-order valence-electron chi connectivity index (χ2n) is 6.10. The number of rotatable bonds is 3. The van der Waals surface area contributed by atoms with E-state index in [-0.39, 0.29) is 5.91 Å². The van der Waals surface area contributed by atoms with Crippen LogP contribution in [0.4, 0.5) is 11.4 Å². The van der Waals surface area contributed by atoms with Crippen molar-refractivity contribution in [1.29, 1.82) is 0 Å². The molecule has 4 rings (SSSR count). The SMILES string of the molecule is O=C(c1ccccc1Nc1ccnc2cc(Cl)ccc12)N1CCOCC1. The van der Waals surface area contributed by atoms with Gasteiger partial charge in [0, 0.05) is 35.4 Å². The fourth-order valence-corrected chi connectivity index (χ4v) is 3.26. The molecule has 0 saturated carbocycles. The quantitative estimate of drug-likeness (QED) is 0.757. The summed E-state index contributed by atoms with van der Waals surface area (Å²) in [4.78, 5) is 19.1. The fraction of sp³-hybridized carbons (Fsp3) is 0.200. The number of ether oxygens (including phenoxy) is 1. The molecule has 0 unspecified atom stereocenters. The van der Waals surface area contributed by atoms with E-state index >= 15 is 0 Å². The molecule has 0 bridgehead atoms. The van der Waals surface area contributed by atoms with Gasteiger partial charge in [0.1, 0.15) is 0 Å². The van der Waals surface area contributed by atoms with Crippen LogP contribution in [-0.2, 0) is 4.74 Å². The monoisotopic (exact) mass is 367 g/mol. The highest BCUT2D eigenvalue weighted by Crippen LogP contribution is 2.29. The Balaban J connectivity index is 1.68. The number of hydrogen-bond acceptors (Lipinski definition) is 4. The normalized spacial score (nSPS) is 14.4. The number of para-hydroxylation sites is 1. The Hall–Kier alpha value is -2.63. The molecule has 26 heavy (non-hydrogen) atoms. The van der Waals surface area contributed by atoms with Crippen molar-refractivity contribution in [3.05, 3.63) is 65.3 Å². The molecule has 2 heterocycles. The van der Waals surface area contributed by atoms with Gasteiger partial charge in [0.15, 0.2) is 0 Å². The summed E-state index contributed by atoms with van der Waals surface area (Å²) in [7, 11) is 0. The molecular weight excluding hydrogens is 350 g/mol. The van der Waals surface area contributed by atoms with Crippen LogP contribution < -0.4 is 5.32 Å². The first kappa shape index (κ1) is 16.8. The molecule has 1 N–H and O–H groups in total. The lowest BCUT2D eigenvalue weighted by molar-refractivity contribution is 0.0303. The van der Waals surface area contributed by atoms with Crippen molar-refractivity contribution in [2.75, 3.05) is 31.6 Å². The van der Waals surface area contributed by atoms with E-state index in [1.807, 2.05) is 53.4 Å². The second-order valence-corrected chi connectivity index (χ2v) is 6.53. The molecule has 1 aliphatic heterocycles. The Morgan fingerprint density at radius 2 is 1.88 bits per heavy atom. The minimum atomic E-state index is 0.0119. The van der Waals surface area contributed by atoms with Crippen molar-refractivity contribution < 1.29 is 9.53 Å². The summed E-state index contributed by atoms with van der Waals surface area (Å²) in [6.07, 6.45) is 1.73. The molecule has 2 aromatic carbocycles. The number of nitrogens with one attached hydrogen (secondary N) is 1. The number of morpholine rings is 1. The summed E-state index contributed by atoms with van der Waals surface area (Å²) in [5.41, 5.74) is 3.10. The van der Waals surface area contributed by atoms with Crippen LogP contribution in [-0.4, -0.2) is 42.1 Å². The first-order valence-corrected chi connectivity index (χ1v) is 8.87. The Bertz CT molecular complexity index is 955. The molecule has 0 aliphatic carbocycles. The van der Waals surface area contributed by atoms with Gasteiger partial charge in [-0.05, 0) is 36.4 Å². The fourth-order valence-electron chi connectivity index (χ4n) is 3.09. The molecule has 1 amide bonds. The highest BCUT2D eigenvalue weighted by atomic mass is 35.5. The molecule has 1 aliphatic rings. The average molecular weight is 368 g/mol. The zero-order valence-corrected chi connectivity index (χ0v) is 14.9. The molecule has 1 fully saturated rings. The van der Waals surface area contributed by atoms with Gasteiger partial charge in [-0.3, -0.25) is 9.78 Å². The van der Waals surface area contributed by atoms with Gasteiger partial charge in [-0.25, -0.2) is 0 Å². The topological polar surface area (TPSA) is 54.5 Å². The van der Waals surface area contributed by atoms with Crippen LogP contribution in [0, 0.1) is 0 Å². The maximum Gasteiger partial charge on any atom is 0.256 e. The van der Waals surface area contributed by atoms with Crippen LogP contribution in [0.2, 0.25) is 5.02 Å². The van der Waals surface area contributed by atoms with Crippen molar-refractivity contribution in [3.8, 4) is 0 Å². The summed E-state index contributed by atoms with van der Waals surface area (Å²) in [6, 6.07) is 15.0. The number of halogens is 1. The summed E-state index contributed by atoms with van der Waals surface area (Å²) < 4.78 is 5.34. The van der Waals surface area contributed by atoms with Gasteiger partial charge in [-0.1, -0.05) is 23.7 Å². The number of aromatic nitrogens is 1. The number of carbonyl (C=O) groups excluding carboxylic acids is 1. The van der Waals surface area contributed by atoms with Gasteiger partial charge in [0.25, 0.3) is 5.91 Å². The third kappa shape index (κ3) is 3.36. The Labute approximate surface area is 156 Å². The zero-order chi connectivity index (χ0) is 17.9. The van der Waals surface area contributed by atoms with Crippen LogP contribution in [0.15, 0.2) is 54.7 Å². The standard InChI is InChI=1S/C20H18ClN3O2/c21-14-5-6-15-18(7-8-22-19(15)13-14)23-17-4-2-1-3-16(17)20(25)24-9-11-26-12-10-24/h1-8,13H,9-12H2,(H,22,23). The van der Waals surface area contributed by atoms with E-state index < -0.39 is 0 Å². The molecule has 0 radical (unpaired) electrons. The Morgan fingerprint density at radius 1 is 1.08 bits per heavy atom. The van der Waals surface area contributed by atoms with E-state index in [0.717, 1.165) is 22.3 Å². The molecule has 0 atom stereocenters. The molecule has 1 saturated heterocycles. The molecule has 6 heteroatoms. The van der Waals surface area contributed by atoms with E-state index in [1.54, 1.807) is 6.20 Å². The Morgan fingerprint density at radius 3 is 2.73 bits per heavy atom. The second kappa shape index (κ2) is 7.32.